The van der Waals surface area contributed by atoms with Gasteiger partial charge in [-0.3, -0.25) is 9.59 Å². The highest BCUT2D eigenvalue weighted by Crippen LogP contribution is 2.07. The lowest BCUT2D eigenvalue weighted by atomic mass is 10.1. The molecule has 0 saturated heterocycles. The third-order valence-corrected chi connectivity index (χ3v) is 2.67. The monoisotopic (exact) mass is 285 g/mol. The first-order valence-electron chi connectivity index (χ1n) is 6.06. The molecule has 0 radical (unpaired) electrons. The van der Waals surface area contributed by atoms with Gasteiger partial charge in [0.15, 0.2) is 0 Å². The Bertz CT molecular complexity index is 714. The Morgan fingerprint density at radius 3 is 2.48 bits per heavy atom. The number of carbonyl (C=O) groups excluding carboxylic acids is 2. The molecule has 0 unspecified atom stereocenters. The molecule has 0 spiro atoms. The Morgan fingerprint density at radius 1 is 1.10 bits per heavy atom. The summed E-state index contributed by atoms with van der Waals surface area (Å²) in [5.41, 5.74) is 8.18. The summed E-state index contributed by atoms with van der Waals surface area (Å²) in [4.78, 5) is 23.1. The average Bonchev–Trinajstić information content (AvgIpc) is 2.47. The van der Waals surface area contributed by atoms with Gasteiger partial charge < -0.3 is 5.73 Å². The minimum absolute atomic E-state index is 0.107. The second-order valence-corrected chi connectivity index (χ2v) is 4.16. The maximum Gasteiger partial charge on any atom is 0.272 e. The van der Waals surface area contributed by atoms with Crippen molar-refractivity contribution >= 4 is 18.0 Å². The van der Waals surface area contributed by atoms with E-state index in [1.165, 1.54) is 36.5 Å². The topological polar surface area (TPSA) is 84.5 Å². The number of hydrogen-bond donors (Lipinski definition) is 2. The Morgan fingerprint density at radius 2 is 1.81 bits per heavy atom. The molecule has 0 bridgehead atoms. The highest BCUT2D eigenvalue weighted by atomic mass is 19.1. The van der Waals surface area contributed by atoms with Gasteiger partial charge in [0.2, 0.25) is 5.91 Å². The van der Waals surface area contributed by atoms with Gasteiger partial charge in [0.05, 0.1) is 17.3 Å². The molecule has 0 fully saturated rings. The molecule has 0 aliphatic heterocycles. The smallest absolute Gasteiger partial charge is 0.272 e. The van der Waals surface area contributed by atoms with E-state index in [4.69, 9.17) is 5.73 Å². The van der Waals surface area contributed by atoms with E-state index in [0.29, 0.717) is 5.56 Å². The number of hydrogen-bond acceptors (Lipinski definition) is 3. The Kier molecular flexibility index (Phi) is 4.40. The molecule has 0 aromatic heterocycles. The van der Waals surface area contributed by atoms with E-state index < -0.39 is 17.6 Å². The van der Waals surface area contributed by atoms with Crippen LogP contribution in [-0.2, 0) is 0 Å². The largest absolute Gasteiger partial charge is 0.366 e. The van der Waals surface area contributed by atoms with Gasteiger partial charge >= 0.3 is 0 Å². The molecule has 2 rings (SSSR count). The zero-order valence-corrected chi connectivity index (χ0v) is 10.9. The first-order valence-corrected chi connectivity index (χ1v) is 6.06. The van der Waals surface area contributed by atoms with Crippen molar-refractivity contribution in [2.45, 2.75) is 0 Å². The molecule has 0 aliphatic rings. The molecule has 2 aromatic carbocycles. The second-order valence-electron chi connectivity index (χ2n) is 4.16. The summed E-state index contributed by atoms with van der Waals surface area (Å²) in [6, 6.07) is 11.9. The van der Waals surface area contributed by atoms with Crippen LogP contribution in [0.15, 0.2) is 53.6 Å². The van der Waals surface area contributed by atoms with Crippen molar-refractivity contribution in [3.05, 3.63) is 71.0 Å². The molecule has 0 saturated carbocycles. The van der Waals surface area contributed by atoms with Crippen LogP contribution in [0.4, 0.5) is 4.39 Å². The van der Waals surface area contributed by atoms with E-state index in [1.807, 2.05) is 0 Å². The molecular weight excluding hydrogens is 273 g/mol. The number of amides is 2. The number of benzene rings is 2. The van der Waals surface area contributed by atoms with Gasteiger partial charge in [-0.2, -0.15) is 5.10 Å². The number of nitrogens with two attached hydrogens (primary N) is 1. The van der Waals surface area contributed by atoms with Crippen molar-refractivity contribution in [3.8, 4) is 0 Å². The van der Waals surface area contributed by atoms with Crippen LogP contribution in [-0.4, -0.2) is 18.0 Å². The summed E-state index contributed by atoms with van der Waals surface area (Å²) >= 11 is 0. The molecule has 106 valence electrons. The highest BCUT2D eigenvalue weighted by molar-refractivity contribution is 6.06. The van der Waals surface area contributed by atoms with Crippen molar-refractivity contribution in [1.29, 1.82) is 0 Å². The number of nitrogens with one attached hydrogen (secondary N) is 1. The van der Waals surface area contributed by atoms with Crippen LogP contribution in [0.2, 0.25) is 0 Å². The summed E-state index contributed by atoms with van der Waals surface area (Å²) in [6.07, 6.45) is 1.30. The van der Waals surface area contributed by atoms with Gasteiger partial charge in [-0.05, 0) is 29.8 Å². The van der Waals surface area contributed by atoms with Crippen LogP contribution in [0.1, 0.15) is 26.3 Å². The SMILES string of the molecule is NC(=O)c1ccccc1C(=O)NN=Cc1cccc(F)c1. The zero-order valence-electron chi connectivity index (χ0n) is 10.9. The highest BCUT2D eigenvalue weighted by Gasteiger charge is 2.13. The molecular formula is C15H12FN3O2. The normalized spacial score (nSPS) is 10.5. The van der Waals surface area contributed by atoms with E-state index in [9.17, 15) is 14.0 Å². The lowest BCUT2D eigenvalue weighted by Crippen LogP contribution is -2.23. The molecule has 3 N–H and O–H groups in total. The average molecular weight is 285 g/mol. The zero-order chi connectivity index (χ0) is 15.2. The summed E-state index contributed by atoms with van der Waals surface area (Å²) < 4.78 is 13.0. The van der Waals surface area contributed by atoms with Crippen LogP contribution in [0.3, 0.4) is 0 Å². The third-order valence-electron chi connectivity index (χ3n) is 2.67. The van der Waals surface area contributed by atoms with Gasteiger partial charge in [0.1, 0.15) is 5.82 Å². The maximum absolute atomic E-state index is 13.0. The number of primary amides is 1. The second kappa shape index (κ2) is 6.42. The first-order chi connectivity index (χ1) is 10.1. The molecule has 5 nitrogen and oxygen atoms in total. The number of rotatable bonds is 4. The minimum atomic E-state index is -0.699. The Hall–Kier alpha value is -3.02. The van der Waals surface area contributed by atoms with Crippen molar-refractivity contribution in [3.63, 3.8) is 0 Å². The lowest BCUT2D eigenvalue weighted by molar-refractivity contribution is 0.0937. The van der Waals surface area contributed by atoms with E-state index in [1.54, 1.807) is 18.2 Å². The Balaban J connectivity index is 2.11. The molecule has 0 atom stereocenters. The fourth-order valence-electron chi connectivity index (χ4n) is 1.71. The van der Waals surface area contributed by atoms with E-state index in [-0.39, 0.29) is 11.1 Å². The van der Waals surface area contributed by atoms with Crippen LogP contribution >= 0.6 is 0 Å². The van der Waals surface area contributed by atoms with Crippen molar-refractivity contribution in [1.82, 2.24) is 5.43 Å². The fourth-order valence-corrected chi connectivity index (χ4v) is 1.71. The quantitative estimate of drug-likeness (QED) is 0.661. The summed E-state index contributed by atoms with van der Waals surface area (Å²) in [5, 5.41) is 3.72. The molecule has 0 aliphatic carbocycles. The molecule has 21 heavy (non-hydrogen) atoms. The van der Waals surface area contributed by atoms with Gasteiger partial charge in [0, 0.05) is 0 Å². The summed E-state index contributed by atoms with van der Waals surface area (Å²) in [7, 11) is 0. The number of carbonyl (C=O) groups is 2. The van der Waals surface area contributed by atoms with Gasteiger partial charge in [-0.1, -0.05) is 24.3 Å². The van der Waals surface area contributed by atoms with Gasteiger partial charge in [-0.15, -0.1) is 0 Å². The molecule has 2 amide bonds. The fraction of sp³-hybridized carbons (Fsp3) is 0. The van der Waals surface area contributed by atoms with E-state index in [2.05, 4.69) is 10.5 Å². The molecule has 6 heteroatoms. The predicted octanol–water partition coefficient (Wildman–Crippen LogP) is 1.69. The van der Waals surface area contributed by atoms with Gasteiger partial charge in [0.25, 0.3) is 5.91 Å². The van der Waals surface area contributed by atoms with Crippen LogP contribution in [0.5, 0.6) is 0 Å². The Labute approximate surface area is 120 Å². The van der Waals surface area contributed by atoms with Crippen molar-refractivity contribution < 1.29 is 14.0 Å². The van der Waals surface area contributed by atoms with Crippen molar-refractivity contribution in [2.24, 2.45) is 10.8 Å². The maximum atomic E-state index is 13.0. The molecule has 0 heterocycles. The van der Waals surface area contributed by atoms with Crippen LogP contribution in [0, 0.1) is 5.82 Å². The minimum Gasteiger partial charge on any atom is -0.366 e. The molecule has 2 aromatic rings. The van der Waals surface area contributed by atoms with Crippen molar-refractivity contribution in [2.75, 3.05) is 0 Å². The lowest BCUT2D eigenvalue weighted by Gasteiger charge is -2.04. The van der Waals surface area contributed by atoms with E-state index >= 15 is 0 Å². The number of nitrogens with zero attached hydrogens (tertiary/aromatic N) is 1. The van der Waals surface area contributed by atoms with E-state index in [0.717, 1.165) is 0 Å². The summed E-state index contributed by atoms with van der Waals surface area (Å²) in [5.74, 6) is -1.67. The predicted molar refractivity (Wildman–Crippen MR) is 76.4 cm³/mol. The number of halogens is 1. The first kappa shape index (κ1) is 14.4. The van der Waals surface area contributed by atoms with Crippen LogP contribution < -0.4 is 11.2 Å². The third kappa shape index (κ3) is 3.73. The summed E-state index contributed by atoms with van der Waals surface area (Å²) in [6.45, 7) is 0. The van der Waals surface area contributed by atoms with Gasteiger partial charge in [-0.25, -0.2) is 9.82 Å². The van der Waals surface area contributed by atoms with Crippen LogP contribution in [0.25, 0.3) is 0 Å². The number of hydrazone groups is 1. The standard InChI is InChI=1S/C15H12FN3O2/c16-11-5-3-4-10(8-11)9-18-19-15(21)13-7-2-1-6-12(13)14(17)20/h1-9H,(H2,17,20)(H,19,21).